The highest BCUT2D eigenvalue weighted by Gasteiger charge is 2.06. The molecule has 0 aliphatic carbocycles. The van der Waals surface area contributed by atoms with Crippen LogP contribution in [0, 0.1) is 0 Å². The van der Waals surface area contributed by atoms with Gasteiger partial charge in [0, 0.05) is 18.2 Å². The van der Waals surface area contributed by atoms with E-state index in [-0.39, 0.29) is 5.84 Å². The molecule has 6 nitrogen and oxygen atoms in total. The summed E-state index contributed by atoms with van der Waals surface area (Å²) in [5, 5.41) is 11.6. The van der Waals surface area contributed by atoms with E-state index in [9.17, 15) is 0 Å². The summed E-state index contributed by atoms with van der Waals surface area (Å²) < 4.78 is 15.8. The van der Waals surface area contributed by atoms with Crippen molar-refractivity contribution in [3.05, 3.63) is 23.8 Å². The van der Waals surface area contributed by atoms with E-state index in [4.69, 9.17) is 25.2 Å². The molecule has 3 N–H and O–H groups in total. The molecule has 0 aliphatic heterocycles. The average molecular weight is 254 g/mol. The minimum Gasteiger partial charge on any atom is -0.497 e. The van der Waals surface area contributed by atoms with Gasteiger partial charge in [0.05, 0.1) is 13.7 Å². The number of methoxy groups -OCH3 is 1. The van der Waals surface area contributed by atoms with Gasteiger partial charge in [-0.25, -0.2) is 0 Å². The molecule has 1 rings (SSSR count). The van der Waals surface area contributed by atoms with E-state index < -0.39 is 0 Å². The number of ether oxygens (including phenoxy) is 3. The van der Waals surface area contributed by atoms with Crippen LogP contribution in [0.1, 0.15) is 12.5 Å². The molecule has 1 aromatic carbocycles. The predicted octanol–water partition coefficient (Wildman–Crippen LogP) is 1.20. The lowest BCUT2D eigenvalue weighted by atomic mass is 10.2. The van der Waals surface area contributed by atoms with E-state index in [1.54, 1.807) is 18.2 Å². The Hall–Kier alpha value is -1.95. The number of hydrogen-bond donors (Lipinski definition) is 2. The lowest BCUT2D eigenvalue weighted by molar-refractivity contribution is 0.110. The van der Waals surface area contributed by atoms with Crippen LogP contribution in [-0.2, 0) is 4.74 Å². The first-order valence-corrected chi connectivity index (χ1v) is 5.58. The minimum absolute atomic E-state index is 0.00329. The second-order valence-corrected chi connectivity index (χ2v) is 3.43. The summed E-state index contributed by atoms with van der Waals surface area (Å²) in [7, 11) is 1.54. The lowest BCUT2D eigenvalue weighted by Crippen LogP contribution is -2.14. The van der Waals surface area contributed by atoms with Crippen molar-refractivity contribution in [2.45, 2.75) is 6.92 Å². The molecule has 0 bridgehead atoms. The molecule has 6 heteroatoms. The lowest BCUT2D eigenvalue weighted by Gasteiger charge is -2.10. The number of hydrogen-bond acceptors (Lipinski definition) is 5. The van der Waals surface area contributed by atoms with Gasteiger partial charge in [-0.1, -0.05) is 5.16 Å². The highest BCUT2D eigenvalue weighted by Crippen LogP contribution is 2.22. The summed E-state index contributed by atoms with van der Waals surface area (Å²) in [6, 6.07) is 5.05. The Bertz CT molecular complexity index is 407. The Morgan fingerprint density at radius 3 is 2.61 bits per heavy atom. The molecule has 1 aromatic rings. The number of oxime groups is 1. The first-order chi connectivity index (χ1) is 8.71. The summed E-state index contributed by atoms with van der Waals surface area (Å²) in [6.45, 7) is 3.50. The van der Waals surface area contributed by atoms with Crippen molar-refractivity contribution in [3.8, 4) is 11.5 Å². The fraction of sp³-hybridized carbons (Fsp3) is 0.417. The van der Waals surface area contributed by atoms with E-state index in [1.807, 2.05) is 6.92 Å². The third kappa shape index (κ3) is 4.14. The SMILES string of the molecule is CCOCCOc1cc(OC)cc(/C(N)=N/O)c1. The topological polar surface area (TPSA) is 86.3 Å². The van der Waals surface area contributed by atoms with E-state index in [2.05, 4.69) is 5.16 Å². The van der Waals surface area contributed by atoms with Gasteiger partial charge < -0.3 is 25.2 Å². The van der Waals surface area contributed by atoms with E-state index in [0.717, 1.165) is 0 Å². The van der Waals surface area contributed by atoms with Crippen LogP contribution >= 0.6 is 0 Å². The summed E-state index contributed by atoms with van der Waals surface area (Å²) in [5.41, 5.74) is 6.06. The second kappa shape index (κ2) is 7.39. The zero-order valence-corrected chi connectivity index (χ0v) is 10.5. The van der Waals surface area contributed by atoms with Crippen LogP contribution < -0.4 is 15.2 Å². The van der Waals surface area contributed by atoms with E-state index in [1.165, 1.54) is 7.11 Å². The van der Waals surface area contributed by atoms with Crippen LogP contribution in [0.2, 0.25) is 0 Å². The summed E-state index contributed by atoms with van der Waals surface area (Å²) in [6.07, 6.45) is 0. The zero-order valence-electron chi connectivity index (χ0n) is 10.5. The third-order valence-corrected chi connectivity index (χ3v) is 2.22. The largest absolute Gasteiger partial charge is 0.497 e. The van der Waals surface area contributed by atoms with Gasteiger partial charge in [0.2, 0.25) is 0 Å². The Morgan fingerprint density at radius 2 is 2.00 bits per heavy atom. The van der Waals surface area contributed by atoms with Gasteiger partial charge in [0.15, 0.2) is 5.84 Å². The van der Waals surface area contributed by atoms with Crippen molar-refractivity contribution < 1.29 is 19.4 Å². The zero-order chi connectivity index (χ0) is 13.4. The molecule has 100 valence electrons. The normalized spacial score (nSPS) is 11.3. The summed E-state index contributed by atoms with van der Waals surface area (Å²) >= 11 is 0. The predicted molar refractivity (Wildman–Crippen MR) is 67.5 cm³/mol. The minimum atomic E-state index is 0.00329. The first kappa shape index (κ1) is 14.1. The van der Waals surface area contributed by atoms with Crippen molar-refractivity contribution in [2.24, 2.45) is 10.9 Å². The molecule has 0 spiro atoms. The van der Waals surface area contributed by atoms with Crippen LogP contribution in [0.5, 0.6) is 11.5 Å². The molecule has 0 saturated carbocycles. The molecule has 0 atom stereocenters. The van der Waals surface area contributed by atoms with Gasteiger partial charge in [-0.05, 0) is 19.1 Å². The molecular formula is C12H18N2O4. The summed E-state index contributed by atoms with van der Waals surface area (Å²) in [4.78, 5) is 0. The van der Waals surface area contributed by atoms with Gasteiger partial charge in [0.25, 0.3) is 0 Å². The quantitative estimate of drug-likeness (QED) is 0.251. The van der Waals surface area contributed by atoms with Crippen molar-refractivity contribution in [3.63, 3.8) is 0 Å². The van der Waals surface area contributed by atoms with Crippen LogP contribution in [0.15, 0.2) is 23.4 Å². The molecule has 0 amide bonds. The molecule has 18 heavy (non-hydrogen) atoms. The van der Waals surface area contributed by atoms with Crippen LogP contribution in [0.4, 0.5) is 0 Å². The van der Waals surface area contributed by atoms with Crippen LogP contribution in [0.3, 0.4) is 0 Å². The van der Waals surface area contributed by atoms with Gasteiger partial charge in [-0.2, -0.15) is 0 Å². The molecule has 0 fully saturated rings. The van der Waals surface area contributed by atoms with E-state index >= 15 is 0 Å². The maximum Gasteiger partial charge on any atom is 0.170 e. The monoisotopic (exact) mass is 254 g/mol. The Kier molecular flexibility index (Phi) is 5.79. The van der Waals surface area contributed by atoms with Crippen LogP contribution in [-0.4, -0.2) is 38.0 Å². The Morgan fingerprint density at radius 1 is 1.28 bits per heavy atom. The smallest absolute Gasteiger partial charge is 0.170 e. The molecule has 0 aliphatic rings. The number of rotatable bonds is 7. The standard InChI is InChI=1S/C12H18N2O4/c1-3-17-4-5-18-11-7-9(12(13)14-15)6-10(8-11)16-2/h6-8,15H,3-5H2,1-2H3,(H2,13,14). The van der Waals surface area contributed by atoms with Gasteiger partial charge in [0.1, 0.15) is 18.1 Å². The number of amidine groups is 1. The van der Waals surface area contributed by atoms with Crippen LogP contribution in [0.25, 0.3) is 0 Å². The van der Waals surface area contributed by atoms with E-state index in [0.29, 0.717) is 36.9 Å². The highest BCUT2D eigenvalue weighted by molar-refractivity contribution is 5.97. The fourth-order valence-corrected chi connectivity index (χ4v) is 1.34. The number of benzene rings is 1. The number of nitrogens with two attached hydrogens (primary N) is 1. The maximum absolute atomic E-state index is 8.65. The summed E-state index contributed by atoms with van der Waals surface area (Å²) in [5.74, 6) is 1.16. The van der Waals surface area contributed by atoms with Crippen molar-refractivity contribution in [1.29, 1.82) is 0 Å². The Labute approximate surface area is 106 Å². The van der Waals surface area contributed by atoms with Crippen molar-refractivity contribution in [1.82, 2.24) is 0 Å². The maximum atomic E-state index is 8.65. The van der Waals surface area contributed by atoms with Gasteiger partial charge in [-0.15, -0.1) is 0 Å². The molecule has 0 aromatic heterocycles. The highest BCUT2D eigenvalue weighted by atomic mass is 16.5. The average Bonchev–Trinajstić information content (AvgIpc) is 2.42. The van der Waals surface area contributed by atoms with Crippen molar-refractivity contribution in [2.75, 3.05) is 26.9 Å². The molecule has 0 saturated heterocycles. The van der Waals surface area contributed by atoms with Gasteiger partial charge >= 0.3 is 0 Å². The molecule has 0 unspecified atom stereocenters. The first-order valence-electron chi connectivity index (χ1n) is 5.58. The van der Waals surface area contributed by atoms with Crippen molar-refractivity contribution >= 4 is 5.84 Å². The Balaban J connectivity index is 2.77. The number of nitrogens with zero attached hydrogens (tertiary/aromatic N) is 1. The third-order valence-electron chi connectivity index (χ3n) is 2.22. The molecule has 0 radical (unpaired) electrons. The molecule has 0 heterocycles. The second-order valence-electron chi connectivity index (χ2n) is 3.43. The molecular weight excluding hydrogens is 236 g/mol. The van der Waals surface area contributed by atoms with Gasteiger partial charge in [-0.3, -0.25) is 0 Å². The fourth-order valence-electron chi connectivity index (χ4n) is 1.34.